The Morgan fingerprint density at radius 1 is 0.448 bits per heavy atom. The second-order valence-electron chi connectivity index (χ2n) is 17.7. The van der Waals surface area contributed by atoms with Crippen molar-refractivity contribution in [2.24, 2.45) is 0 Å². The summed E-state index contributed by atoms with van der Waals surface area (Å²) in [4.78, 5) is 2.41. The van der Waals surface area contributed by atoms with Gasteiger partial charge in [0.05, 0.1) is 10.9 Å². The topological polar surface area (TPSA) is 8.17 Å². The van der Waals surface area contributed by atoms with Gasteiger partial charge in [-0.15, -0.1) is 0 Å². The summed E-state index contributed by atoms with van der Waals surface area (Å²) in [6.45, 7) is 8.02. The van der Waals surface area contributed by atoms with Crippen LogP contribution in [0.25, 0.3) is 62.6 Å². The molecule has 1 atom stereocenters. The Morgan fingerprint density at radius 3 is 1.73 bits per heavy atom. The summed E-state index contributed by atoms with van der Waals surface area (Å²) in [5.41, 5.74) is 22.7. The molecule has 0 N–H and O–H groups in total. The monoisotopic (exact) mass is 856 g/mol. The first-order chi connectivity index (χ1) is 33.1. The van der Waals surface area contributed by atoms with Gasteiger partial charge in [-0.1, -0.05) is 189 Å². The van der Waals surface area contributed by atoms with E-state index in [1.54, 1.807) is 0 Å². The highest BCUT2D eigenvalue weighted by atomic mass is 15.1. The Labute approximate surface area is 393 Å². The van der Waals surface area contributed by atoms with Crippen LogP contribution in [-0.4, -0.2) is 4.57 Å². The normalized spacial score (nSPS) is 14.7. The molecule has 2 nitrogen and oxygen atoms in total. The molecule has 2 aliphatic carbocycles. The minimum Gasteiger partial charge on any atom is -0.313 e. The van der Waals surface area contributed by atoms with E-state index in [0.29, 0.717) is 0 Å². The molecule has 318 valence electrons. The highest BCUT2D eigenvalue weighted by Gasteiger charge is 2.46. The first kappa shape index (κ1) is 40.1. The average Bonchev–Trinajstić information content (AvgIpc) is 3.89. The molecule has 10 aromatic rings. The molecular weight excluding hydrogens is 809 g/mol. The van der Waals surface area contributed by atoms with Gasteiger partial charge in [0.15, 0.2) is 0 Å². The average molecular weight is 857 g/mol. The number of para-hydroxylation sites is 2. The number of allylic oxidation sites excluding steroid dienone is 1. The Hall–Kier alpha value is -8.46. The van der Waals surface area contributed by atoms with E-state index < -0.39 is 5.41 Å². The van der Waals surface area contributed by atoms with E-state index in [0.717, 1.165) is 41.0 Å². The smallest absolute Gasteiger partial charge is 0.0714 e. The summed E-state index contributed by atoms with van der Waals surface area (Å²) >= 11 is 0. The van der Waals surface area contributed by atoms with Crippen LogP contribution in [0.2, 0.25) is 0 Å². The third-order valence-electron chi connectivity index (χ3n) is 14.1. The van der Waals surface area contributed by atoms with Crippen LogP contribution in [0, 0.1) is 0 Å². The van der Waals surface area contributed by atoms with E-state index in [2.05, 4.69) is 253 Å². The molecule has 1 heterocycles. The highest BCUT2D eigenvalue weighted by molar-refractivity contribution is 6.01. The summed E-state index contributed by atoms with van der Waals surface area (Å²) in [6, 6.07) is 82.5. The quantitative estimate of drug-likeness (QED) is 0.133. The molecule has 0 fully saturated rings. The molecule has 0 spiro atoms. The second kappa shape index (κ2) is 16.5. The van der Waals surface area contributed by atoms with Crippen LogP contribution < -0.4 is 4.90 Å². The Kier molecular flexibility index (Phi) is 9.88. The standard InChI is InChI=1S/C65H48N2/c1-3-45-24-28-47(29-25-45)49-32-40-63-59(42-49)60-43-50(33-41-64(60)67(63)54-20-12-7-13-21-54)48-30-36-55(37-31-48)66(53-18-10-6-11-19-53)56-38-39-58-57-22-14-15-23-61(57)65(62(58)44-56,51-16-8-5-9-17-51)52-34-26-46(4-2)27-35-52/h3-32,34-40,42-44H,1-2,33,41H2. The van der Waals surface area contributed by atoms with Crippen molar-refractivity contribution < 1.29 is 0 Å². The molecule has 2 heteroatoms. The van der Waals surface area contributed by atoms with Crippen molar-refractivity contribution in [2.75, 3.05) is 4.90 Å². The number of benzene rings is 9. The van der Waals surface area contributed by atoms with E-state index in [1.807, 2.05) is 12.2 Å². The first-order valence-electron chi connectivity index (χ1n) is 23.3. The Morgan fingerprint density at radius 2 is 1.01 bits per heavy atom. The molecule has 0 aliphatic heterocycles. The molecule has 0 saturated heterocycles. The minimum absolute atomic E-state index is 0.526. The predicted molar refractivity (Wildman–Crippen MR) is 284 cm³/mol. The maximum atomic E-state index is 4.06. The summed E-state index contributed by atoms with van der Waals surface area (Å²) in [7, 11) is 0. The highest BCUT2D eigenvalue weighted by Crippen LogP contribution is 2.57. The molecule has 0 saturated carbocycles. The lowest BCUT2D eigenvalue weighted by Crippen LogP contribution is -2.28. The van der Waals surface area contributed by atoms with Gasteiger partial charge >= 0.3 is 0 Å². The van der Waals surface area contributed by atoms with Gasteiger partial charge in [-0.25, -0.2) is 0 Å². The number of hydrogen-bond acceptors (Lipinski definition) is 1. The third-order valence-corrected chi connectivity index (χ3v) is 14.1. The van der Waals surface area contributed by atoms with Crippen molar-refractivity contribution in [1.82, 2.24) is 4.57 Å². The van der Waals surface area contributed by atoms with Crippen molar-refractivity contribution in [3.8, 4) is 27.9 Å². The van der Waals surface area contributed by atoms with Crippen molar-refractivity contribution in [3.63, 3.8) is 0 Å². The first-order valence-corrected chi connectivity index (χ1v) is 23.3. The largest absolute Gasteiger partial charge is 0.313 e. The summed E-state index contributed by atoms with van der Waals surface area (Å²) in [5, 5.41) is 1.27. The fraction of sp³-hybridized carbons (Fsp3) is 0.0462. The van der Waals surface area contributed by atoms with Crippen molar-refractivity contribution >= 4 is 51.8 Å². The van der Waals surface area contributed by atoms with Gasteiger partial charge in [-0.05, 0) is 146 Å². The molecular formula is C65H48N2. The van der Waals surface area contributed by atoms with Gasteiger partial charge in [0, 0.05) is 39.4 Å². The van der Waals surface area contributed by atoms with Gasteiger partial charge < -0.3 is 9.47 Å². The van der Waals surface area contributed by atoms with E-state index in [1.165, 1.54) is 83.5 Å². The molecule has 67 heavy (non-hydrogen) atoms. The summed E-state index contributed by atoms with van der Waals surface area (Å²) in [5.74, 6) is 0. The Balaban J connectivity index is 0.976. The van der Waals surface area contributed by atoms with Crippen LogP contribution in [0.3, 0.4) is 0 Å². The van der Waals surface area contributed by atoms with Crippen LogP contribution in [0.1, 0.15) is 56.6 Å². The Bertz CT molecular complexity index is 3510. The fourth-order valence-electron chi connectivity index (χ4n) is 11.0. The molecule has 0 bridgehead atoms. The minimum atomic E-state index is -0.526. The zero-order chi connectivity index (χ0) is 44.9. The van der Waals surface area contributed by atoms with Crippen LogP contribution >= 0.6 is 0 Å². The number of nitrogens with zero attached hydrogens (tertiary/aromatic N) is 2. The van der Waals surface area contributed by atoms with Crippen LogP contribution in [0.5, 0.6) is 0 Å². The molecule has 9 aromatic carbocycles. The lowest BCUT2D eigenvalue weighted by molar-refractivity contribution is 0.768. The van der Waals surface area contributed by atoms with Gasteiger partial charge in [-0.3, -0.25) is 0 Å². The van der Waals surface area contributed by atoms with Crippen molar-refractivity contribution in [3.05, 3.63) is 288 Å². The molecule has 0 radical (unpaired) electrons. The lowest BCUT2D eigenvalue weighted by Gasteiger charge is -2.35. The van der Waals surface area contributed by atoms with Crippen LogP contribution in [0.4, 0.5) is 17.1 Å². The van der Waals surface area contributed by atoms with Crippen LogP contribution in [0.15, 0.2) is 238 Å². The van der Waals surface area contributed by atoms with Gasteiger partial charge in [0.25, 0.3) is 0 Å². The van der Waals surface area contributed by atoms with Crippen molar-refractivity contribution in [2.45, 2.75) is 18.3 Å². The molecule has 12 rings (SSSR count). The van der Waals surface area contributed by atoms with E-state index in [-0.39, 0.29) is 0 Å². The number of fused-ring (bicyclic) bond motifs is 6. The second-order valence-corrected chi connectivity index (χ2v) is 17.7. The van der Waals surface area contributed by atoms with Crippen molar-refractivity contribution in [1.29, 1.82) is 0 Å². The van der Waals surface area contributed by atoms with Gasteiger partial charge in [0.2, 0.25) is 0 Å². The third kappa shape index (κ3) is 6.64. The number of hydrogen-bond donors (Lipinski definition) is 0. The van der Waals surface area contributed by atoms with Gasteiger partial charge in [0.1, 0.15) is 0 Å². The number of aromatic nitrogens is 1. The summed E-state index contributed by atoms with van der Waals surface area (Å²) < 4.78 is 2.47. The fourth-order valence-corrected chi connectivity index (χ4v) is 11.0. The van der Waals surface area contributed by atoms with Crippen LogP contribution in [-0.2, 0) is 11.8 Å². The molecule has 2 aliphatic rings. The lowest BCUT2D eigenvalue weighted by atomic mass is 9.67. The van der Waals surface area contributed by atoms with E-state index >= 15 is 0 Å². The zero-order valence-corrected chi connectivity index (χ0v) is 37.3. The number of rotatable bonds is 10. The maximum absolute atomic E-state index is 4.06. The maximum Gasteiger partial charge on any atom is 0.0714 e. The van der Waals surface area contributed by atoms with E-state index in [9.17, 15) is 0 Å². The molecule has 1 aromatic heterocycles. The van der Waals surface area contributed by atoms with Gasteiger partial charge in [-0.2, -0.15) is 0 Å². The number of anilines is 3. The SMILES string of the molecule is C=Cc1ccc(-c2ccc3c(c2)c2c(n3-c3ccccc3)CCC(c3ccc(N(c4ccccc4)c4ccc5c(c4)C(c4ccccc4)(c4ccc(C=C)cc4)c4ccccc4-5)cc3)=C2)cc1. The summed E-state index contributed by atoms with van der Waals surface area (Å²) in [6.07, 6.45) is 8.17. The molecule has 1 unspecified atom stereocenters. The predicted octanol–water partition coefficient (Wildman–Crippen LogP) is 16.9. The zero-order valence-electron chi connectivity index (χ0n) is 37.3. The molecule has 0 amide bonds. The van der Waals surface area contributed by atoms with E-state index in [4.69, 9.17) is 0 Å².